The molecule has 1 aliphatic heterocycles. The predicted octanol–water partition coefficient (Wildman–Crippen LogP) is 0.0553. The number of benzene rings is 1. The van der Waals surface area contributed by atoms with Crippen molar-refractivity contribution in [3.05, 3.63) is 41.5 Å². The minimum absolute atomic E-state index is 0.0672. The van der Waals surface area contributed by atoms with Gasteiger partial charge in [0.1, 0.15) is 0 Å². The summed E-state index contributed by atoms with van der Waals surface area (Å²) in [5.41, 5.74) is 0.403. The van der Waals surface area contributed by atoms with E-state index in [1.165, 1.54) is 19.1 Å². The Bertz CT molecular complexity index is 985. The Kier molecular flexibility index (Phi) is 5.13. The van der Waals surface area contributed by atoms with E-state index in [-0.39, 0.29) is 35.3 Å². The molecule has 0 bridgehead atoms. The first-order chi connectivity index (χ1) is 12.8. The van der Waals surface area contributed by atoms with E-state index in [1.807, 2.05) is 0 Å². The molecule has 0 atom stereocenters. The number of nitrogens with one attached hydrogen (secondary N) is 2. The summed E-state index contributed by atoms with van der Waals surface area (Å²) in [5.74, 6) is -0.0701. The lowest BCUT2D eigenvalue weighted by atomic mass is 10.1. The van der Waals surface area contributed by atoms with Gasteiger partial charge in [-0.05, 0) is 19.1 Å². The first-order valence-corrected chi connectivity index (χ1v) is 10.0. The number of carbonyl (C=O) groups excluding carboxylic acids is 2. The minimum Gasteiger partial charge on any atom is -0.345 e. The minimum atomic E-state index is -3.51. The summed E-state index contributed by atoms with van der Waals surface area (Å²) in [4.78, 5) is 26.1. The van der Waals surface area contributed by atoms with Crippen LogP contribution in [-0.4, -0.2) is 59.2 Å². The Morgan fingerprint density at radius 1 is 1.22 bits per heavy atom. The van der Waals surface area contributed by atoms with Gasteiger partial charge in [0.25, 0.3) is 11.8 Å². The summed E-state index contributed by atoms with van der Waals surface area (Å²) in [6.45, 7) is 2.66. The standard InChI is InChI=1S/C16H20N6O4S/c1-3-27(25,26)20-12-7-5-4-6-11(12)15(23)17-10-13-18-19-14-16(24)21(2)8-9-22(13)14/h4-7,20H,3,8-10H2,1-2H3,(H,17,23). The van der Waals surface area contributed by atoms with Crippen molar-refractivity contribution < 1.29 is 18.0 Å². The maximum absolute atomic E-state index is 12.5. The number of nitrogens with zero attached hydrogens (tertiary/aromatic N) is 4. The normalized spacial score (nSPS) is 14.0. The predicted molar refractivity (Wildman–Crippen MR) is 97.7 cm³/mol. The second-order valence-corrected chi connectivity index (χ2v) is 8.06. The lowest BCUT2D eigenvalue weighted by Gasteiger charge is -2.23. The fourth-order valence-corrected chi connectivity index (χ4v) is 3.30. The van der Waals surface area contributed by atoms with Crippen molar-refractivity contribution >= 4 is 27.5 Å². The lowest BCUT2D eigenvalue weighted by Crippen LogP contribution is -2.38. The van der Waals surface area contributed by atoms with Gasteiger partial charge < -0.3 is 14.8 Å². The molecule has 2 heterocycles. The van der Waals surface area contributed by atoms with E-state index in [0.29, 0.717) is 18.9 Å². The summed E-state index contributed by atoms with van der Waals surface area (Å²) in [5, 5.41) is 10.6. The zero-order valence-corrected chi connectivity index (χ0v) is 15.8. The Morgan fingerprint density at radius 3 is 2.70 bits per heavy atom. The molecule has 11 heteroatoms. The topological polar surface area (TPSA) is 126 Å². The number of carbonyl (C=O) groups is 2. The molecule has 0 saturated heterocycles. The first kappa shape index (κ1) is 18.8. The number of rotatable bonds is 6. The molecule has 144 valence electrons. The van der Waals surface area contributed by atoms with Crippen molar-refractivity contribution in [1.29, 1.82) is 0 Å². The average molecular weight is 392 g/mol. The van der Waals surface area contributed by atoms with E-state index in [4.69, 9.17) is 0 Å². The third kappa shape index (κ3) is 3.92. The van der Waals surface area contributed by atoms with Crippen molar-refractivity contribution in [2.45, 2.75) is 20.0 Å². The number of likely N-dealkylation sites (N-methyl/N-ethyl adjacent to an activating group) is 1. The third-order valence-corrected chi connectivity index (χ3v) is 5.54. The zero-order valence-electron chi connectivity index (χ0n) is 15.0. The summed E-state index contributed by atoms with van der Waals surface area (Å²) in [7, 11) is -1.82. The van der Waals surface area contributed by atoms with E-state index < -0.39 is 15.9 Å². The first-order valence-electron chi connectivity index (χ1n) is 8.37. The lowest BCUT2D eigenvalue weighted by molar-refractivity contribution is 0.0740. The molecule has 10 nitrogen and oxygen atoms in total. The van der Waals surface area contributed by atoms with Gasteiger partial charge in [0.2, 0.25) is 15.8 Å². The van der Waals surface area contributed by atoms with Gasteiger partial charge in [-0.15, -0.1) is 10.2 Å². The summed E-state index contributed by atoms with van der Waals surface area (Å²) in [6.07, 6.45) is 0. The molecule has 1 aliphatic rings. The Morgan fingerprint density at radius 2 is 1.96 bits per heavy atom. The molecule has 1 aromatic heterocycles. The number of para-hydroxylation sites is 1. The van der Waals surface area contributed by atoms with Crippen LogP contribution in [-0.2, 0) is 23.1 Å². The maximum Gasteiger partial charge on any atom is 0.291 e. The van der Waals surface area contributed by atoms with Crippen LogP contribution < -0.4 is 10.0 Å². The molecule has 2 aromatic rings. The van der Waals surface area contributed by atoms with E-state index in [1.54, 1.807) is 28.6 Å². The van der Waals surface area contributed by atoms with Gasteiger partial charge in [-0.1, -0.05) is 12.1 Å². The Labute approximate surface area is 156 Å². The number of hydrogen-bond donors (Lipinski definition) is 2. The van der Waals surface area contributed by atoms with Gasteiger partial charge in [-0.3, -0.25) is 14.3 Å². The smallest absolute Gasteiger partial charge is 0.291 e. The summed E-state index contributed by atoms with van der Waals surface area (Å²) >= 11 is 0. The van der Waals surface area contributed by atoms with Crippen LogP contribution in [0.5, 0.6) is 0 Å². The number of aromatic nitrogens is 3. The molecule has 27 heavy (non-hydrogen) atoms. The summed E-state index contributed by atoms with van der Waals surface area (Å²) < 4.78 is 27.7. The second-order valence-electron chi connectivity index (χ2n) is 6.05. The van der Waals surface area contributed by atoms with Crippen molar-refractivity contribution in [2.75, 3.05) is 24.1 Å². The van der Waals surface area contributed by atoms with Crippen LogP contribution in [0.3, 0.4) is 0 Å². The van der Waals surface area contributed by atoms with Gasteiger partial charge in [-0.25, -0.2) is 8.42 Å². The number of amides is 2. The van der Waals surface area contributed by atoms with Crippen LogP contribution in [0.1, 0.15) is 33.7 Å². The highest BCUT2D eigenvalue weighted by molar-refractivity contribution is 7.92. The van der Waals surface area contributed by atoms with E-state index in [0.717, 1.165) is 0 Å². The van der Waals surface area contributed by atoms with E-state index in [9.17, 15) is 18.0 Å². The number of fused-ring (bicyclic) bond motifs is 1. The number of hydrogen-bond acceptors (Lipinski definition) is 6. The van der Waals surface area contributed by atoms with Crippen LogP contribution in [0.15, 0.2) is 24.3 Å². The van der Waals surface area contributed by atoms with Crippen molar-refractivity contribution in [2.24, 2.45) is 0 Å². The van der Waals surface area contributed by atoms with E-state index in [2.05, 4.69) is 20.2 Å². The average Bonchev–Trinajstić information content (AvgIpc) is 3.06. The van der Waals surface area contributed by atoms with Gasteiger partial charge in [0.05, 0.1) is 23.5 Å². The molecular weight excluding hydrogens is 372 g/mol. The zero-order chi connectivity index (χ0) is 19.6. The fraction of sp³-hybridized carbons (Fsp3) is 0.375. The van der Waals surface area contributed by atoms with Gasteiger partial charge in [-0.2, -0.15) is 0 Å². The molecule has 0 spiro atoms. The van der Waals surface area contributed by atoms with Gasteiger partial charge in [0.15, 0.2) is 5.82 Å². The van der Waals surface area contributed by atoms with Crippen LogP contribution >= 0.6 is 0 Å². The molecule has 0 aliphatic carbocycles. The molecular formula is C16H20N6O4S. The Hall–Kier alpha value is -2.95. The van der Waals surface area contributed by atoms with Gasteiger partial charge >= 0.3 is 0 Å². The van der Waals surface area contributed by atoms with Gasteiger partial charge in [0, 0.05) is 20.1 Å². The fourth-order valence-electron chi connectivity index (χ4n) is 2.65. The van der Waals surface area contributed by atoms with Crippen molar-refractivity contribution in [1.82, 2.24) is 25.0 Å². The molecule has 0 unspecified atom stereocenters. The quantitative estimate of drug-likeness (QED) is 0.716. The molecule has 2 N–H and O–H groups in total. The molecule has 2 amide bonds. The summed E-state index contributed by atoms with van der Waals surface area (Å²) in [6, 6.07) is 6.34. The van der Waals surface area contributed by atoms with Crippen LogP contribution in [0.25, 0.3) is 0 Å². The number of anilines is 1. The molecule has 0 saturated carbocycles. The van der Waals surface area contributed by atoms with Crippen molar-refractivity contribution in [3.63, 3.8) is 0 Å². The monoisotopic (exact) mass is 392 g/mol. The largest absolute Gasteiger partial charge is 0.345 e. The third-order valence-electron chi connectivity index (χ3n) is 4.25. The molecule has 3 rings (SSSR count). The highest BCUT2D eigenvalue weighted by Gasteiger charge is 2.26. The number of sulfonamides is 1. The van der Waals surface area contributed by atoms with Crippen LogP contribution in [0.2, 0.25) is 0 Å². The van der Waals surface area contributed by atoms with Crippen LogP contribution in [0.4, 0.5) is 5.69 Å². The van der Waals surface area contributed by atoms with Crippen LogP contribution in [0, 0.1) is 0 Å². The maximum atomic E-state index is 12.5. The highest BCUT2D eigenvalue weighted by atomic mass is 32.2. The molecule has 1 aromatic carbocycles. The molecule has 0 fully saturated rings. The highest BCUT2D eigenvalue weighted by Crippen LogP contribution is 2.17. The SMILES string of the molecule is CCS(=O)(=O)Nc1ccccc1C(=O)NCc1nnc2n1CCN(C)C2=O. The van der Waals surface area contributed by atoms with E-state index >= 15 is 0 Å². The van der Waals surface area contributed by atoms with Crippen molar-refractivity contribution in [3.8, 4) is 0 Å². The molecule has 0 radical (unpaired) electrons. The Balaban J connectivity index is 1.75. The second kappa shape index (κ2) is 7.35.